The van der Waals surface area contributed by atoms with E-state index in [1.807, 2.05) is 18.2 Å². The average molecular weight is 333 g/mol. The highest BCUT2D eigenvalue weighted by Gasteiger charge is 2.11. The first-order chi connectivity index (χ1) is 12.3. The zero-order valence-electron chi connectivity index (χ0n) is 14.4. The van der Waals surface area contributed by atoms with Crippen LogP contribution in [-0.4, -0.2) is 34.3 Å². The van der Waals surface area contributed by atoms with Gasteiger partial charge in [0, 0.05) is 18.2 Å². The molecule has 0 saturated carbocycles. The Balaban J connectivity index is 1.58. The van der Waals surface area contributed by atoms with Crippen molar-refractivity contribution in [2.45, 2.75) is 25.8 Å². The molecule has 1 aliphatic rings. The van der Waals surface area contributed by atoms with Crippen molar-refractivity contribution in [1.29, 1.82) is 0 Å². The first-order valence-electron chi connectivity index (χ1n) is 9.09. The maximum absolute atomic E-state index is 12.2. The summed E-state index contributed by atoms with van der Waals surface area (Å²) in [5.41, 5.74) is 1.87. The van der Waals surface area contributed by atoms with E-state index in [0.717, 1.165) is 30.9 Å². The lowest BCUT2D eigenvalue weighted by Gasteiger charge is -2.26. The topological polar surface area (TPSA) is 38.1 Å². The Bertz CT molecular complexity index is 926. The summed E-state index contributed by atoms with van der Waals surface area (Å²) in [6.07, 6.45) is 3.85. The Morgan fingerprint density at radius 3 is 2.48 bits per heavy atom. The molecule has 4 rings (SSSR count). The fourth-order valence-electron chi connectivity index (χ4n) is 3.53. The second kappa shape index (κ2) is 7.19. The van der Waals surface area contributed by atoms with Crippen LogP contribution >= 0.6 is 0 Å². The summed E-state index contributed by atoms with van der Waals surface area (Å²) in [6.45, 7) is 3.83. The molecule has 4 nitrogen and oxygen atoms in total. The molecular formula is C21H23N3O. The van der Waals surface area contributed by atoms with Gasteiger partial charge in [0.2, 0.25) is 0 Å². The van der Waals surface area contributed by atoms with Crippen molar-refractivity contribution in [3.05, 3.63) is 65.0 Å². The molecular weight excluding hydrogens is 310 g/mol. The molecule has 1 fully saturated rings. The van der Waals surface area contributed by atoms with Gasteiger partial charge in [-0.3, -0.25) is 4.79 Å². The van der Waals surface area contributed by atoms with Crippen molar-refractivity contribution in [2.24, 2.45) is 0 Å². The predicted octanol–water partition coefficient (Wildman–Crippen LogP) is 3.55. The fraction of sp³-hybridized carbons (Fsp3) is 0.333. The smallest absolute Gasteiger partial charge is 0.266 e. The van der Waals surface area contributed by atoms with E-state index < -0.39 is 0 Å². The standard InChI is InChI=1S/C21H23N3O/c25-21-11-10-20(19-9-8-17-6-2-3-7-18(17)16-19)22-24(21)15-14-23-12-4-1-5-13-23/h2-3,6-11,16H,1,4-5,12-15H2. The van der Waals surface area contributed by atoms with E-state index >= 15 is 0 Å². The van der Waals surface area contributed by atoms with Gasteiger partial charge in [0.05, 0.1) is 12.2 Å². The van der Waals surface area contributed by atoms with E-state index in [2.05, 4.69) is 40.3 Å². The molecule has 2 aromatic carbocycles. The molecule has 3 aromatic rings. The quantitative estimate of drug-likeness (QED) is 0.733. The Labute approximate surface area is 147 Å². The lowest BCUT2D eigenvalue weighted by Crippen LogP contribution is -2.35. The normalized spacial score (nSPS) is 15.5. The van der Waals surface area contributed by atoms with Gasteiger partial charge in [-0.1, -0.05) is 42.8 Å². The monoisotopic (exact) mass is 333 g/mol. The van der Waals surface area contributed by atoms with Gasteiger partial charge in [-0.2, -0.15) is 5.10 Å². The zero-order chi connectivity index (χ0) is 17.1. The van der Waals surface area contributed by atoms with Gasteiger partial charge in [0.1, 0.15) is 0 Å². The van der Waals surface area contributed by atoms with E-state index in [-0.39, 0.29) is 5.56 Å². The number of likely N-dealkylation sites (tertiary alicyclic amines) is 1. The number of rotatable bonds is 4. The molecule has 0 unspecified atom stereocenters. The average Bonchev–Trinajstić information content (AvgIpc) is 2.68. The van der Waals surface area contributed by atoms with Crippen molar-refractivity contribution in [3.63, 3.8) is 0 Å². The van der Waals surface area contributed by atoms with Crippen LogP contribution in [0.5, 0.6) is 0 Å². The first-order valence-corrected chi connectivity index (χ1v) is 9.09. The second-order valence-corrected chi connectivity index (χ2v) is 6.74. The van der Waals surface area contributed by atoms with Crippen LogP contribution in [-0.2, 0) is 6.54 Å². The van der Waals surface area contributed by atoms with E-state index in [4.69, 9.17) is 0 Å². The largest absolute Gasteiger partial charge is 0.301 e. The molecule has 0 atom stereocenters. The fourth-order valence-corrected chi connectivity index (χ4v) is 3.53. The van der Waals surface area contributed by atoms with Gasteiger partial charge in [-0.15, -0.1) is 0 Å². The molecule has 1 aromatic heterocycles. The molecule has 0 bridgehead atoms. The summed E-state index contributed by atoms with van der Waals surface area (Å²) in [5.74, 6) is 0. The van der Waals surface area contributed by atoms with Gasteiger partial charge >= 0.3 is 0 Å². The minimum atomic E-state index is -0.0263. The van der Waals surface area contributed by atoms with Crippen LogP contribution in [0, 0.1) is 0 Å². The number of hydrogen-bond donors (Lipinski definition) is 0. The van der Waals surface area contributed by atoms with Crippen molar-refractivity contribution in [1.82, 2.24) is 14.7 Å². The third-order valence-corrected chi connectivity index (χ3v) is 4.99. The number of piperidine rings is 1. The lowest BCUT2D eigenvalue weighted by atomic mass is 10.1. The molecule has 0 spiro atoms. The highest BCUT2D eigenvalue weighted by Crippen LogP contribution is 2.22. The highest BCUT2D eigenvalue weighted by molar-refractivity contribution is 5.86. The third-order valence-electron chi connectivity index (χ3n) is 4.99. The van der Waals surface area contributed by atoms with Gasteiger partial charge in [0.15, 0.2) is 0 Å². The van der Waals surface area contributed by atoms with Crippen molar-refractivity contribution < 1.29 is 0 Å². The number of fused-ring (bicyclic) bond motifs is 1. The van der Waals surface area contributed by atoms with Crippen LogP contribution in [0.2, 0.25) is 0 Å². The molecule has 1 saturated heterocycles. The van der Waals surface area contributed by atoms with E-state index in [9.17, 15) is 4.79 Å². The summed E-state index contributed by atoms with van der Waals surface area (Å²) >= 11 is 0. The number of aromatic nitrogens is 2. The van der Waals surface area contributed by atoms with Crippen LogP contribution in [0.4, 0.5) is 0 Å². The maximum Gasteiger partial charge on any atom is 0.266 e. The van der Waals surface area contributed by atoms with Gasteiger partial charge in [-0.05, 0) is 48.8 Å². The molecule has 0 amide bonds. The third kappa shape index (κ3) is 3.64. The molecule has 0 radical (unpaired) electrons. The SMILES string of the molecule is O=c1ccc(-c2ccc3ccccc3c2)nn1CCN1CCCCC1. The molecule has 0 aliphatic carbocycles. The Kier molecular flexibility index (Phi) is 4.61. The summed E-state index contributed by atoms with van der Waals surface area (Å²) in [7, 11) is 0. The number of benzene rings is 2. The van der Waals surface area contributed by atoms with E-state index in [0.29, 0.717) is 6.54 Å². The number of hydrogen-bond acceptors (Lipinski definition) is 3. The zero-order valence-corrected chi connectivity index (χ0v) is 14.4. The molecule has 128 valence electrons. The first kappa shape index (κ1) is 16.0. The van der Waals surface area contributed by atoms with E-state index in [1.165, 1.54) is 30.0 Å². The predicted molar refractivity (Wildman–Crippen MR) is 102 cm³/mol. The van der Waals surface area contributed by atoms with Crippen molar-refractivity contribution in [2.75, 3.05) is 19.6 Å². The summed E-state index contributed by atoms with van der Waals surface area (Å²) in [4.78, 5) is 14.6. The minimum absolute atomic E-state index is 0.0263. The van der Waals surface area contributed by atoms with Gasteiger partial charge in [0.25, 0.3) is 5.56 Å². The minimum Gasteiger partial charge on any atom is -0.301 e. The maximum atomic E-state index is 12.2. The van der Waals surface area contributed by atoms with Crippen LogP contribution in [0.1, 0.15) is 19.3 Å². The Morgan fingerprint density at radius 2 is 1.64 bits per heavy atom. The Morgan fingerprint density at radius 1 is 0.840 bits per heavy atom. The van der Waals surface area contributed by atoms with Crippen LogP contribution in [0.25, 0.3) is 22.0 Å². The molecule has 25 heavy (non-hydrogen) atoms. The molecule has 1 aliphatic heterocycles. The molecule has 2 heterocycles. The van der Waals surface area contributed by atoms with Crippen LogP contribution in [0.15, 0.2) is 59.4 Å². The van der Waals surface area contributed by atoms with E-state index in [1.54, 1.807) is 10.7 Å². The number of nitrogens with zero attached hydrogens (tertiary/aromatic N) is 3. The van der Waals surface area contributed by atoms with Gasteiger partial charge in [-0.25, -0.2) is 4.68 Å². The highest BCUT2D eigenvalue weighted by atomic mass is 16.1. The summed E-state index contributed by atoms with van der Waals surface area (Å²) < 4.78 is 1.61. The summed E-state index contributed by atoms with van der Waals surface area (Å²) in [5, 5.41) is 7.01. The van der Waals surface area contributed by atoms with Gasteiger partial charge < -0.3 is 4.90 Å². The van der Waals surface area contributed by atoms with Crippen LogP contribution in [0.3, 0.4) is 0 Å². The molecule has 0 N–H and O–H groups in total. The molecule has 4 heteroatoms. The van der Waals surface area contributed by atoms with Crippen molar-refractivity contribution >= 4 is 10.8 Å². The second-order valence-electron chi connectivity index (χ2n) is 6.74. The van der Waals surface area contributed by atoms with Crippen molar-refractivity contribution in [3.8, 4) is 11.3 Å². The lowest BCUT2D eigenvalue weighted by molar-refractivity contribution is 0.216. The van der Waals surface area contributed by atoms with Crippen LogP contribution < -0.4 is 5.56 Å². The Hall–Kier alpha value is -2.46. The summed E-state index contributed by atoms with van der Waals surface area (Å²) in [6, 6.07) is 18.1.